The van der Waals surface area contributed by atoms with Crippen molar-refractivity contribution in [2.24, 2.45) is 0 Å². The van der Waals surface area contributed by atoms with Crippen LogP contribution in [0.5, 0.6) is 11.5 Å². The van der Waals surface area contributed by atoms with Crippen molar-refractivity contribution in [2.45, 2.75) is 19.9 Å². The number of ketones is 1. The molecule has 2 amide bonds. The number of rotatable bonds is 4. The van der Waals surface area contributed by atoms with Crippen LogP contribution in [0, 0.1) is 0 Å². The highest BCUT2D eigenvalue weighted by atomic mass is 16.5. The Morgan fingerprint density at radius 3 is 2.79 bits per heavy atom. The van der Waals surface area contributed by atoms with Gasteiger partial charge in [0.25, 0.3) is 0 Å². The monoisotopic (exact) mass is 391 g/mol. The van der Waals surface area contributed by atoms with Crippen molar-refractivity contribution in [1.29, 1.82) is 0 Å². The minimum atomic E-state index is -0.324. The number of methoxy groups -OCH3 is 1. The molecule has 4 rings (SSSR count). The molecule has 1 aromatic heterocycles. The van der Waals surface area contributed by atoms with E-state index in [-0.39, 0.29) is 23.6 Å². The molecule has 0 unspecified atom stereocenters. The van der Waals surface area contributed by atoms with E-state index in [1.54, 1.807) is 31.4 Å². The fourth-order valence-electron chi connectivity index (χ4n) is 3.21. The van der Waals surface area contributed by atoms with Crippen molar-refractivity contribution in [3.63, 3.8) is 0 Å². The third-order valence-electron chi connectivity index (χ3n) is 4.55. The van der Waals surface area contributed by atoms with E-state index >= 15 is 0 Å². The molecule has 2 heterocycles. The molecule has 2 aromatic carbocycles. The minimum Gasteiger partial charge on any atom is -0.497 e. The summed E-state index contributed by atoms with van der Waals surface area (Å²) in [6.45, 7) is 3.74. The zero-order chi connectivity index (χ0) is 20.5. The Morgan fingerprint density at radius 1 is 1.21 bits per heavy atom. The first-order valence-corrected chi connectivity index (χ1v) is 9.25. The molecule has 0 spiro atoms. The van der Waals surface area contributed by atoms with Crippen LogP contribution in [0.15, 0.2) is 48.4 Å². The average molecular weight is 391 g/mol. The number of allylic oxidation sites excluding steroid dienone is 1. The molecule has 0 aliphatic carbocycles. The van der Waals surface area contributed by atoms with Crippen LogP contribution in [0.25, 0.3) is 17.0 Å². The summed E-state index contributed by atoms with van der Waals surface area (Å²) in [5.74, 6) is 1.19. The van der Waals surface area contributed by atoms with E-state index in [2.05, 4.69) is 15.6 Å². The summed E-state index contributed by atoms with van der Waals surface area (Å²) in [7, 11) is 1.61. The van der Waals surface area contributed by atoms with Crippen molar-refractivity contribution in [2.75, 3.05) is 12.4 Å². The number of H-pyrrole nitrogens is 1. The molecule has 29 heavy (non-hydrogen) atoms. The average Bonchev–Trinajstić information content (AvgIpc) is 3.22. The van der Waals surface area contributed by atoms with E-state index in [1.165, 1.54) is 0 Å². The number of amides is 2. The fourth-order valence-corrected chi connectivity index (χ4v) is 3.21. The first-order chi connectivity index (χ1) is 13.9. The number of hydrogen-bond donors (Lipinski definition) is 3. The van der Waals surface area contributed by atoms with Gasteiger partial charge in [-0.2, -0.15) is 0 Å². The topological polar surface area (TPSA) is 92.4 Å². The van der Waals surface area contributed by atoms with E-state index < -0.39 is 0 Å². The third-order valence-corrected chi connectivity index (χ3v) is 4.55. The lowest BCUT2D eigenvalue weighted by atomic mass is 10.1. The Labute approximate surface area is 167 Å². The van der Waals surface area contributed by atoms with Gasteiger partial charge in [-0.15, -0.1) is 0 Å². The smallest absolute Gasteiger partial charge is 0.319 e. The highest BCUT2D eigenvalue weighted by Gasteiger charge is 2.28. The fraction of sp³-hybridized carbons (Fsp3) is 0.182. The van der Waals surface area contributed by atoms with Crippen molar-refractivity contribution >= 4 is 34.5 Å². The first kappa shape index (κ1) is 18.6. The van der Waals surface area contributed by atoms with Crippen molar-refractivity contribution in [3.05, 3.63) is 59.5 Å². The number of carbonyl (C=O) groups is 2. The molecule has 0 radical (unpaired) electrons. The van der Waals surface area contributed by atoms with Gasteiger partial charge in [0.1, 0.15) is 11.5 Å². The normalized spacial score (nSPS) is 14.2. The van der Waals surface area contributed by atoms with Crippen LogP contribution in [0.2, 0.25) is 0 Å². The molecule has 1 aliphatic rings. The van der Waals surface area contributed by atoms with Gasteiger partial charge in [0, 0.05) is 34.4 Å². The van der Waals surface area contributed by atoms with Gasteiger partial charge in [-0.1, -0.05) is 0 Å². The largest absolute Gasteiger partial charge is 0.497 e. The maximum Gasteiger partial charge on any atom is 0.319 e. The second kappa shape index (κ2) is 7.35. The van der Waals surface area contributed by atoms with E-state index in [1.807, 2.05) is 38.2 Å². The number of urea groups is 1. The molecule has 0 fully saturated rings. The van der Waals surface area contributed by atoms with Gasteiger partial charge in [-0.3, -0.25) is 4.79 Å². The van der Waals surface area contributed by atoms with E-state index in [0.717, 1.165) is 22.2 Å². The summed E-state index contributed by atoms with van der Waals surface area (Å²) in [4.78, 5) is 27.9. The summed E-state index contributed by atoms with van der Waals surface area (Å²) in [6, 6.07) is 10.4. The lowest BCUT2D eigenvalue weighted by molar-refractivity contribution is 0.101. The first-order valence-electron chi connectivity index (χ1n) is 9.25. The summed E-state index contributed by atoms with van der Waals surface area (Å²) in [6.07, 6.45) is 3.53. The van der Waals surface area contributed by atoms with Crippen molar-refractivity contribution in [1.82, 2.24) is 10.3 Å². The summed E-state index contributed by atoms with van der Waals surface area (Å²) < 4.78 is 11.0. The highest BCUT2D eigenvalue weighted by molar-refractivity contribution is 6.15. The molecule has 0 atom stereocenters. The number of aromatic nitrogens is 1. The Hall–Kier alpha value is -3.74. The lowest BCUT2D eigenvalue weighted by Gasteiger charge is -2.10. The SMILES string of the molecule is COc1ccc2[nH]cc(C=C3Oc4ccc(NC(=O)NC(C)C)cc4C3=O)c2c1. The summed E-state index contributed by atoms with van der Waals surface area (Å²) in [5.41, 5.74) is 2.70. The standard InChI is InChI=1S/C22H21N3O4/c1-12(2)24-22(27)25-14-4-7-19-17(9-14)21(26)20(29-19)8-13-11-23-18-6-5-15(28-3)10-16(13)18/h4-12,23H,1-3H3,(H2,24,25,27). The second-order valence-electron chi connectivity index (χ2n) is 7.06. The van der Waals surface area contributed by atoms with Crippen LogP contribution in [-0.4, -0.2) is 29.9 Å². The molecule has 7 heteroatoms. The quantitative estimate of drug-likeness (QED) is 0.578. The predicted molar refractivity (Wildman–Crippen MR) is 112 cm³/mol. The molecule has 0 saturated carbocycles. The number of ether oxygens (including phenoxy) is 2. The molecule has 1 aliphatic heterocycles. The number of Topliss-reactive ketones (excluding diaryl/α,β-unsaturated/α-hetero) is 1. The number of aromatic amines is 1. The number of benzene rings is 2. The van der Waals surface area contributed by atoms with Gasteiger partial charge in [-0.05, 0) is 56.3 Å². The Balaban J connectivity index is 1.61. The number of carbonyl (C=O) groups excluding carboxylic acids is 2. The van der Waals surface area contributed by atoms with Gasteiger partial charge in [0.15, 0.2) is 5.76 Å². The maximum atomic E-state index is 12.8. The number of nitrogens with one attached hydrogen (secondary N) is 3. The molecule has 3 aromatic rings. The highest BCUT2D eigenvalue weighted by Crippen LogP contribution is 2.35. The maximum absolute atomic E-state index is 12.8. The van der Waals surface area contributed by atoms with Gasteiger partial charge in [-0.25, -0.2) is 4.79 Å². The van der Waals surface area contributed by atoms with Crippen molar-refractivity contribution < 1.29 is 19.1 Å². The van der Waals surface area contributed by atoms with E-state index in [4.69, 9.17) is 9.47 Å². The van der Waals surface area contributed by atoms with Crippen LogP contribution < -0.4 is 20.1 Å². The number of fused-ring (bicyclic) bond motifs is 2. The second-order valence-corrected chi connectivity index (χ2v) is 7.06. The lowest BCUT2D eigenvalue weighted by Crippen LogP contribution is -2.34. The summed E-state index contributed by atoms with van der Waals surface area (Å²) in [5, 5.41) is 6.40. The molecule has 148 valence electrons. The van der Waals surface area contributed by atoms with Gasteiger partial charge >= 0.3 is 6.03 Å². The zero-order valence-corrected chi connectivity index (χ0v) is 16.3. The number of anilines is 1. The Bertz CT molecular complexity index is 1140. The molecule has 0 saturated heterocycles. The molecular formula is C22H21N3O4. The van der Waals surface area contributed by atoms with Crippen LogP contribution in [0.4, 0.5) is 10.5 Å². The van der Waals surface area contributed by atoms with Crippen LogP contribution >= 0.6 is 0 Å². The third kappa shape index (κ3) is 3.67. The van der Waals surface area contributed by atoms with Gasteiger partial charge in [0.2, 0.25) is 5.78 Å². The van der Waals surface area contributed by atoms with Crippen LogP contribution in [-0.2, 0) is 0 Å². The van der Waals surface area contributed by atoms with E-state index in [0.29, 0.717) is 17.0 Å². The minimum absolute atomic E-state index is 0.0127. The Morgan fingerprint density at radius 2 is 2.03 bits per heavy atom. The van der Waals surface area contributed by atoms with Gasteiger partial charge < -0.3 is 25.1 Å². The zero-order valence-electron chi connectivity index (χ0n) is 16.3. The molecule has 7 nitrogen and oxygen atoms in total. The van der Waals surface area contributed by atoms with Crippen LogP contribution in [0.3, 0.4) is 0 Å². The van der Waals surface area contributed by atoms with Crippen LogP contribution in [0.1, 0.15) is 29.8 Å². The molecule has 0 bridgehead atoms. The molecule has 3 N–H and O–H groups in total. The Kier molecular flexibility index (Phi) is 4.72. The predicted octanol–water partition coefficient (Wildman–Crippen LogP) is 4.32. The molecular weight excluding hydrogens is 370 g/mol. The van der Waals surface area contributed by atoms with Gasteiger partial charge in [0.05, 0.1) is 12.7 Å². The van der Waals surface area contributed by atoms with E-state index in [9.17, 15) is 9.59 Å². The van der Waals surface area contributed by atoms with Crippen molar-refractivity contribution in [3.8, 4) is 11.5 Å². The number of hydrogen-bond acceptors (Lipinski definition) is 4. The summed E-state index contributed by atoms with van der Waals surface area (Å²) >= 11 is 0.